The van der Waals surface area contributed by atoms with Crippen LogP contribution in [0.4, 0.5) is 5.69 Å². The molecule has 8 heteroatoms. The first kappa shape index (κ1) is 22.7. The molecule has 1 heterocycles. The first-order chi connectivity index (χ1) is 14.9. The van der Waals surface area contributed by atoms with E-state index in [2.05, 4.69) is 15.5 Å². The molecule has 1 N–H and O–H groups in total. The minimum Gasteiger partial charge on any atom is -0.490 e. The second-order valence-electron chi connectivity index (χ2n) is 7.27. The van der Waals surface area contributed by atoms with E-state index in [1.807, 2.05) is 75.7 Å². The average molecular weight is 441 g/mol. The van der Waals surface area contributed by atoms with Crippen molar-refractivity contribution >= 4 is 23.4 Å². The average Bonchev–Trinajstić information content (AvgIpc) is 3.08. The van der Waals surface area contributed by atoms with E-state index >= 15 is 0 Å². The van der Waals surface area contributed by atoms with Crippen LogP contribution in [-0.2, 0) is 18.4 Å². The summed E-state index contributed by atoms with van der Waals surface area (Å²) in [5, 5.41) is 12.0. The quantitative estimate of drug-likeness (QED) is 0.495. The maximum absolute atomic E-state index is 12.3. The highest BCUT2D eigenvalue weighted by molar-refractivity contribution is 7.99. The maximum Gasteiger partial charge on any atom is 0.234 e. The van der Waals surface area contributed by atoms with Gasteiger partial charge >= 0.3 is 0 Å². The van der Waals surface area contributed by atoms with E-state index in [1.54, 1.807) is 0 Å². The fourth-order valence-corrected chi connectivity index (χ4v) is 3.62. The molecule has 0 saturated carbocycles. The van der Waals surface area contributed by atoms with Gasteiger partial charge in [0, 0.05) is 12.7 Å². The molecule has 31 heavy (non-hydrogen) atoms. The van der Waals surface area contributed by atoms with E-state index in [-0.39, 0.29) is 18.3 Å². The van der Waals surface area contributed by atoms with Gasteiger partial charge in [0.25, 0.3) is 0 Å². The van der Waals surface area contributed by atoms with E-state index in [0.29, 0.717) is 29.1 Å². The van der Waals surface area contributed by atoms with Gasteiger partial charge in [0.2, 0.25) is 5.91 Å². The van der Waals surface area contributed by atoms with Gasteiger partial charge in [0.05, 0.1) is 12.4 Å². The summed E-state index contributed by atoms with van der Waals surface area (Å²) in [5.41, 5.74) is 4.24. The number of carbonyl (C=O) groups excluding carboxylic acids is 1. The molecule has 0 aliphatic heterocycles. The third-order valence-corrected chi connectivity index (χ3v) is 5.82. The van der Waals surface area contributed by atoms with Crippen LogP contribution in [0.15, 0.2) is 41.6 Å². The minimum absolute atomic E-state index is 0.0879. The highest BCUT2D eigenvalue weighted by Crippen LogP contribution is 2.29. The number of hydrogen-bond acceptors (Lipinski definition) is 6. The first-order valence-electron chi connectivity index (χ1n) is 10.1. The molecule has 0 unspecified atom stereocenters. The standard InChI is InChI=1S/C23H28N4O3S/c1-6-29-20-11-15(2)7-10-19(20)30-13-21-25-26-23(27(21)5)31-14-22(28)24-18-9-8-16(3)17(4)12-18/h7-12H,6,13-14H2,1-5H3,(H,24,28). The van der Waals surface area contributed by atoms with Crippen molar-refractivity contribution in [3.05, 3.63) is 58.9 Å². The van der Waals surface area contributed by atoms with Crippen LogP contribution in [0.3, 0.4) is 0 Å². The van der Waals surface area contributed by atoms with Gasteiger partial charge in [-0.2, -0.15) is 0 Å². The minimum atomic E-state index is -0.0879. The van der Waals surface area contributed by atoms with Crippen molar-refractivity contribution in [2.24, 2.45) is 7.05 Å². The summed E-state index contributed by atoms with van der Waals surface area (Å²) in [6, 6.07) is 11.7. The lowest BCUT2D eigenvalue weighted by atomic mass is 10.1. The number of amides is 1. The predicted octanol–water partition coefficient (Wildman–Crippen LogP) is 4.45. The number of nitrogens with zero attached hydrogens (tertiary/aromatic N) is 3. The van der Waals surface area contributed by atoms with Gasteiger partial charge in [-0.25, -0.2) is 0 Å². The Labute approximate surface area is 187 Å². The van der Waals surface area contributed by atoms with Crippen LogP contribution in [0.25, 0.3) is 0 Å². The van der Waals surface area contributed by atoms with Gasteiger partial charge in [-0.3, -0.25) is 4.79 Å². The largest absolute Gasteiger partial charge is 0.490 e. The number of benzene rings is 2. The molecule has 0 bridgehead atoms. The van der Waals surface area contributed by atoms with Crippen LogP contribution >= 0.6 is 11.8 Å². The summed E-state index contributed by atoms with van der Waals surface area (Å²) in [6.45, 7) is 8.83. The summed E-state index contributed by atoms with van der Waals surface area (Å²) in [6.07, 6.45) is 0. The Balaban J connectivity index is 1.56. The number of aromatic nitrogens is 3. The Morgan fingerprint density at radius 3 is 2.58 bits per heavy atom. The number of anilines is 1. The molecule has 0 aliphatic carbocycles. The molecule has 3 aromatic rings. The molecule has 7 nitrogen and oxygen atoms in total. The number of hydrogen-bond donors (Lipinski definition) is 1. The topological polar surface area (TPSA) is 78.3 Å². The Hall–Kier alpha value is -3.00. The monoisotopic (exact) mass is 440 g/mol. The van der Waals surface area contributed by atoms with Crippen LogP contribution in [0.2, 0.25) is 0 Å². The second kappa shape index (κ2) is 10.3. The predicted molar refractivity (Wildman–Crippen MR) is 123 cm³/mol. The fourth-order valence-electron chi connectivity index (χ4n) is 2.89. The van der Waals surface area contributed by atoms with E-state index < -0.39 is 0 Å². The fraction of sp³-hybridized carbons (Fsp3) is 0.348. The lowest BCUT2D eigenvalue weighted by Crippen LogP contribution is -2.14. The molecule has 0 aliphatic rings. The molecule has 2 aromatic carbocycles. The maximum atomic E-state index is 12.3. The molecule has 0 fully saturated rings. The smallest absolute Gasteiger partial charge is 0.234 e. The number of carbonyl (C=O) groups is 1. The summed E-state index contributed by atoms with van der Waals surface area (Å²) in [4.78, 5) is 12.3. The molecule has 1 aromatic heterocycles. The zero-order valence-corrected chi connectivity index (χ0v) is 19.4. The highest BCUT2D eigenvalue weighted by atomic mass is 32.2. The molecular formula is C23H28N4O3S. The van der Waals surface area contributed by atoms with Gasteiger partial charge in [-0.05, 0) is 68.7 Å². The Kier molecular flexibility index (Phi) is 7.57. The first-order valence-corrected chi connectivity index (χ1v) is 11.1. The summed E-state index contributed by atoms with van der Waals surface area (Å²) < 4.78 is 13.4. The SMILES string of the molecule is CCOc1cc(C)ccc1OCc1nnc(SCC(=O)Nc2ccc(C)c(C)c2)n1C. The number of aryl methyl sites for hydroxylation is 3. The van der Waals surface area contributed by atoms with E-state index in [9.17, 15) is 4.79 Å². The van der Waals surface area contributed by atoms with Crippen molar-refractivity contribution in [3.8, 4) is 11.5 Å². The molecule has 3 rings (SSSR count). The summed E-state index contributed by atoms with van der Waals surface area (Å²) in [5.74, 6) is 2.20. The lowest BCUT2D eigenvalue weighted by molar-refractivity contribution is -0.113. The van der Waals surface area contributed by atoms with Crippen LogP contribution < -0.4 is 14.8 Å². The van der Waals surface area contributed by atoms with Gasteiger partial charge in [0.15, 0.2) is 22.5 Å². The van der Waals surface area contributed by atoms with Crippen molar-refractivity contribution < 1.29 is 14.3 Å². The number of thioether (sulfide) groups is 1. The van der Waals surface area contributed by atoms with Gasteiger partial charge in [-0.1, -0.05) is 23.9 Å². The van der Waals surface area contributed by atoms with E-state index in [4.69, 9.17) is 9.47 Å². The van der Waals surface area contributed by atoms with Crippen molar-refractivity contribution in [2.75, 3.05) is 17.7 Å². The molecule has 0 spiro atoms. The molecule has 0 atom stereocenters. The molecule has 164 valence electrons. The van der Waals surface area contributed by atoms with Crippen molar-refractivity contribution in [1.29, 1.82) is 0 Å². The molecule has 0 saturated heterocycles. The molecule has 0 radical (unpaired) electrons. The van der Waals surface area contributed by atoms with Crippen LogP contribution in [0.1, 0.15) is 29.4 Å². The van der Waals surface area contributed by atoms with Crippen molar-refractivity contribution in [3.63, 3.8) is 0 Å². The third kappa shape index (κ3) is 6.01. The van der Waals surface area contributed by atoms with Gasteiger partial charge in [-0.15, -0.1) is 10.2 Å². The Morgan fingerprint density at radius 2 is 1.84 bits per heavy atom. The summed E-state index contributed by atoms with van der Waals surface area (Å²) in [7, 11) is 1.86. The summed E-state index contributed by atoms with van der Waals surface area (Å²) >= 11 is 1.33. The lowest BCUT2D eigenvalue weighted by Gasteiger charge is -2.12. The zero-order chi connectivity index (χ0) is 22.4. The number of ether oxygens (including phenoxy) is 2. The third-order valence-electron chi connectivity index (χ3n) is 4.80. The van der Waals surface area contributed by atoms with Crippen LogP contribution in [0.5, 0.6) is 11.5 Å². The van der Waals surface area contributed by atoms with Crippen LogP contribution in [0, 0.1) is 20.8 Å². The van der Waals surface area contributed by atoms with Gasteiger partial charge in [0.1, 0.15) is 6.61 Å². The Morgan fingerprint density at radius 1 is 1.03 bits per heavy atom. The van der Waals surface area contributed by atoms with E-state index in [0.717, 1.165) is 16.8 Å². The van der Waals surface area contributed by atoms with Crippen molar-refractivity contribution in [2.45, 2.75) is 39.5 Å². The number of nitrogens with one attached hydrogen (secondary N) is 1. The molecule has 1 amide bonds. The zero-order valence-electron chi connectivity index (χ0n) is 18.6. The normalized spacial score (nSPS) is 10.7. The Bertz CT molecular complexity index is 1060. The number of rotatable bonds is 9. The molecular weight excluding hydrogens is 412 g/mol. The van der Waals surface area contributed by atoms with E-state index in [1.165, 1.54) is 17.3 Å². The second-order valence-corrected chi connectivity index (χ2v) is 8.21. The van der Waals surface area contributed by atoms with Crippen LogP contribution in [-0.4, -0.2) is 33.0 Å². The van der Waals surface area contributed by atoms with Crippen molar-refractivity contribution in [1.82, 2.24) is 14.8 Å². The highest BCUT2D eigenvalue weighted by Gasteiger charge is 2.14. The van der Waals surface area contributed by atoms with Gasteiger partial charge < -0.3 is 19.4 Å².